The van der Waals surface area contributed by atoms with E-state index in [2.05, 4.69) is 20.2 Å². The van der Waals surface area contributed by atoms with Crippen LogP contribution in [0.2, 0.25) is 0 Å². The van der Waals surface area contributed by atoms with E-state index in [1.807, 2.05) is 19.1 Å². The van der Waals surface area contributed by atoms with Crippen molar-refractivity contribution in [2.75, 3.05) is 51.2 Å². The number of piperidine rings is 1. The van der Waals surface area contributed by atoms with E-state index >= 15 is 4.39 Å². The fourth-order valence-corrected chi connectivity index (χ4v) is 5.66. The molecule has 240 valence electrons. The second-order valence-corrected chi connectivity index (χ2v) is 13.2. The minimum Gasteiger partial charge on any atom is -0.497 e. The third-order valence-corrected chi connectivity index (χ3v) is 8.37. The Hall–Kier alpha value is -4.23. The van der Waals surface area contributed by atoms with E-state index in [1.165, 1.54) is 12.3 Å². The Morgan fingerprint density at radius 1 is 1.04 bits per heavy atom. The van der Waals surface area contributed by atoms with Gasteiger partial charge in [0.15, 0.2) is 23.2 Å². The SMILES string of the molecule is CCCc1nc(-c2cc(OC)cc(OC)c2)c(-c2ccnc(Nc3ccc(OC4CCN(CCS(C)(=O)=O)CC4)c(F)c3)n2)o1. The van der Waals surface area contributed by atoms with Gasteiger partial charge in [-0.25, -0.2) is 27.8 Å². The molecule has 0 saturated carbocycles. The Labute approximate surface area is 262 Å². The van der Waals surface area contributed by atoms with Crippen molar-refractivity contribution in [3.05, 3.63) is 60.4 Å². The highest BCUT2D eigenvalue weighted by molar-refractivity contribution is 7.90. The lowest BCUT2D eigenvalue weighted by Gasteiger charge is -2.32. The number of likely N-dealkylation sites (tertiary alicyclic amines) is 1. The Morgan fingerprint density at radius 3 is 2.42 bits per heavy atom. The standard InChI is InChI=1S/C32H38FN5O6S/c1-5-6-29-37-30(21-17-24(41-2)20-25(18-21)42-3)31(44-29)27-9-12-34-32(36-27)35-22-7-8-28(26(33)19-22)43-23-10-13-38(14-11-23)15-16-45(4,39)40/h7-9,12,17-20,23H,5-6,10-11,13-16H2,1-4H3,(H,34,35,36). The van der Waals surface area contributed by atoms with Crippen molar-refractivity contribution in [1.29, 1.82) is 0 Å². The van der Waals surface area contributed by atoms with Gasteiger partial charge in [-0.1, -0.05) is 6.92 Å². The van der Waals surface area contributed by atoms with Gasteiger partial charge < -0.3 is 28.8 Å². The number of aryl methyl sites for hydroxylation is 1. The number of hydrogen-bond acceptors (Lipinski definition) is 11. The van der Waals surface area contributed by atoms with Crippen LogP contribution in [-0.2, 0) is 16.3 Å². The predicted molar refractivity (Wildman–Crippen MR) is 170 cm³/mol. The van der Waals surface area contributed by atoms with Crippen molar-refractivity contribution in [2.45, 2.75) is 38.7 Å². The molecule has 2 aromatic heterocycles. The van der Waals surface area contributed by atoms with Gasteiger partial charge in [-0.3, -0.25) is 0 Å². The monoisotopic (exact) mass is 639 g/mol. The van der Waals surface area contributed by atoms with Gasteiger partial charge in [-0.05, 0) is 49.6 Å². The third-order valence-electron chi connectivity index (χ3n) is 7.44. The predicted octanol–water partition coefficient (Wildman–Crippen LogP) is 5.54. The Balaban J connectivity index is 1.30. The fraction of sp³-hybridized carbons (Fsp3) is 0.406. The Morgan fingerprint density at radius 2 is 1.78 bits per heavy atom. The summed E-state index contributed by atoms with van der Waals surface area (Å²) in [4.78, 5) is 15.8. The number of sulfone groups is 1. The molecule has 1 fully saturated rings. The van der Waals surface area contributed by atoms with Gasteiger partial charge in [0, 0.05) is 61.9 Å². The quantitative estimate of drug-likeness (QED) is 0.198. The van der Waals surface area contributed by atoms with E-state index in [4.69, 9.17) is 23.6 Å². The van der Waals surface area contributed by atoms with E-state index in [9.17, 15) is 8.42 Å². The largest absolute Gasteiger partial charge is 0.497 e. The molecule has 0 spiro atoms. The number of nitrogens with one attached hydrogen (secondary N) is 1. The summed E-state index contributed by atoms with van der Waals surface area (Å²) in [5, 5.41) is 3.07. The minimum absolute atomic E-state index is 0.130. The van der Waals surface area contributed by atoms with E-state index in [0.717, 1.165) is 12.0 Å². The van der Waals surface area contributed by atoms with Crippen LogP contribution in [0.25, 0.3) is 22.7 Å². The first kappa shape index (κ1) is 32.2. The third kappa shape index (κ3) is 8.49. The lowest BCUT2D eigenvalue weighted by atomic mass is 10.1. The average molecular weight is 640 g/mol. The number of nitrogens with zero attached hydrogens (tertiary/aromatic N) is 4. The number of ether oxygens (including phenoxy) is 3. The molecule has 45 heavy (non-hydrogen) atoms. The molecule has 1 N–H and O–H groups in total. The highest BCUT2D eigenvalue weighted by atomic mass is 32.2. The van der Waals surface area contributed by atoms with Crippen molar-refractivity contribution in [3.63, 3.8) is 0 Å². The highest BCUT2D eigenvalue weighted by Crippen LogP contribution is 2.36. The molecular formula is C32H38FN5O6S. The summed E-state index contributed by atoms with van der Waals surface area (Å²) in [6.07, 6.45) is 5.58. The molecule has 11 nitrogen and oxygen atoms in total. The van der Waals surface area contributed by atoms with Crippen molar-refractivity contribution < 1.29 is 31.4 Å². The van der Waals surface area contributed by atoms with Crippen molar-refractivity contribution in [2.24, 2.45) is 0 Å². The molecule has 1 saturated heterocycles. The zero-order chi connectivity index (χ0) is 32.0. The van der Waals surface area contributed by atoms with Gasteiger partial charge >= 0.3 is 0 Å². The molecule has 0 bridgehead atoms. The lowest BCUT2D eigenvalue weighted by Crippen LogP contribution is -2.40. The Kier molecular flexibility index (Phi) is 10.2. The first-order valence-electron chi connectivity index (χ1n) is 14.8. The van der Waals surface area contributed by atoms with Crippen molar-refractivity contribution >= 4 is 21.5 Å². The minimum atomic E-state index is -3.01. The molecule has 2 aromatic carbocycles. The van der Waals surface area contributed by atoms with Crippen LogP contribution in [0.15, 0.2) is 53.1 Å². The second kappa shape index (κ2) is 14.2. The molecule has 0 unspecified atom stereocenters. The van der Waals surface area contributed by atoms with E-state index in [0.29, 0.717) is 79.1 Å². The topological polar surface area (TPSA) is 129 Å². The molecule has 0 amide bonds. The van der Waals surface area contributed by atoms with Crippen LogP contribution in [0.1, 0.15) is 32.1 Å². The van der Waals surface area contributed by atoms with Crippen LogP contribution in [0, 0.1) is 5.82 Å². The summed E-state index contributed by atoms with van der Waals surface area (Å²) in [5.74, 6) is 2.31. The number of hydrogen-bond donors (Lipinski definition) is 1. The van der Waals surface area contributed by atoms with Crippen LogP contribution in [0.4, 0.5) is 16.0 Å². The molecule has 3 heterocycles. The maximum absolute atomic E-state index is 15.1. The maximum Gasteiger partial charge on any atom is 0.227 e. The molecule has 0 atom stereocenters. The molecular weight excluding hydrogens is 601 g/mol. The summed E-state index contributed by atoms with van der Waals surface area (Å²) in [5.41, 5.74) is 2.30. The summed E-state index contributed by atoms with van der Waals surface area (Å²) >= 11 is 0. The fourth-order valence-electron chi connectivity index (χ4n) is 5.07. The van der Waals surface area contributed by atoms with Gasteiger partial charge in [0.05, 0.1) is 20.0 Å². The number of halogens is 1. The van der Waals surface area contributed by atoms with E-state index in [1.54, 1.807) is 44.7 Å². The maximum atomic E-state index is 15.1. The first-order chi connectivity index (χ1) is 21.6. The van der Waals surface area contributed by atoms with Crippen LogP contribution < -0.4 is 19.5 Å². The summed E-state index contributed by atoms with van der Waals surface area (Å²) in [6.45, 7) is 3.95. The molecule has 5 rings (SSSR count). The summed E-state index contributed by atoms with van der Waals surface area (Å²) < 4.78 is 61.0. The number of oxazole rings is 1. The number of rotatable bonds is 13. The summed E-state index contributed by atoms with van der Waals surface area (Å²) in [6, 6.07) is 11.9. The zero-order valence-corrected chi connectivity index (χ0v) is 26.7. The van der Waals surface area contributed by atoms with Crippen LogP contribution in [0.3, 0.4) is 0 Å². The molecule has 0 aliphatic carbocycles. The number of methoxy groups -OCH3 is 2. The average Bonchev–Trinajstić information content (AvgIpc) is 3.46. The van der Waals surface area contributed by atoms with E-state index in [-0.39, 0.29) is 23.6 Å². The zero-order valence-electron chi connectivity index (χ0n) is 25.9. The van der Waals surface area contributed by atoms with Crippen LogP contribution >= 0.6 is 0 Å². The molecule has 4 aromatic rings. The molecule has 1 aliphatic heterocycles. The lowest BCUT2D eigenvalue weighted by molar-refractivity contribution is 0.100. The molecule has 0 radical (unpaired) electrons. The highest BCUT2D eigenvalue weighted by Gasteiger charge is 2.23. The van der Waals surface area contributed by atoms with Gasteiger partial charge in [0.25, 0.3) is 0 Å². The first-order valence-corrected chi connectivity index (χ1v) is 16.9. The molecule has 13 heteroatoms. The van der Waals surface area contributed by atoms with E-state index < -0.39 is 15.7 Å². The second-order valence-electron chi connectivity index (χ2n) is 11.0. The summed E-state index contributed by atoms with van der Waals surface area (Å²) in [7, 11) is 0.167. The van der Waals surface area contributed by atoms with Crippen LogP contribution in [-0.4, -0.2) is 80.2 Å². The Bertz CT molecular complexity index is 1700. The van der Waals surface area contributed by atoms with Gasteiger partial charge in [-0.2, -0.15) is 0 Å². The number of aromatic nitrogens is 3. The van der Waals surface area contributed by atoms with Crippen molar-refractivity contribution in [3.8, 4) is 40.0 Å². The van der Waals surface area contributed by atoms with Crippen molar-refractivity contribution in [1.82, 2.24) is 19.9 Å². The van der Waals surface area contributed by atoms with Gasteiger partial charge in [0.2, 0.25) is 5.95 Å². The van der Waals surface area contributed by atoms with Gasteiger partial charge in [0.1, 0.15) is 38.8 Å². The number of anilines is 2. The molecule has 1 aliphatic rings. The number of benzene rings is 2. The van der Waals surface area contributed by atoms with Crippen LogP contribution in [0.5, 0.6) is 17.2 Å². The smallest absolute Gasteiger partial charge is 0.227 e. The normalized spacial score (nSPS) is 14.3. The van der Waals surface area contributed by atoms with Gasteiger partial charge in [-0.15, -0.1) is 0 Å².